The van der Waals surface area contributed by atoms with Crippen LogP contribution in [0, 0.1) is 17.3 Å². The molecule has 3 rings (SSSR count). The summed E-state index contributed by atoms with van der Waals surface area (Å²) in [4.78, 5) is 17.9. The minimum Gasteiger partial charge on any atom is -0.490 e. The summed E-state index contributed by atoms with van der Waals surface area (Å²) < 4.78 is 7.42. The quantitative estimate of drug-likeness (QED) is 0.799. The highest BCUT2D eigenvalue weighted by Crippen LogP contribution is 2.57. The minimum atomic E-state index is -0.0699. The van der Waals surface area contributed by atoms with Crippen LogP contribution in [-0.4, -0.2) is 17.9 Å². The minimum absolute atomic E-state index is 0.0101. The summed E-state index contributed by atoms with van der Waals surface area (Å²) >= 11 is 0. The van der Waals surface area contributed by atoms with E-state index in [1.807, 2.05) is 6.07 Å². The molecule has 1 aliphatic carbocycles. The highest BCUT2D eigenvalue weighted by Gasteiger charge is 2.52. The van der Waals surface area contributed by atoms with Crippen LogP contribution in [0.3, 0.4) is 0 Å². The number of hydrogen-bond acceptors (Lipinski definition) is 3. The van der Waals surface area contributed by atoms with Gasteiger partial charge in [-0.05, 0) is 31.6 Å². The van der Waals surface area contributed by atoms with Gasteiger partial charge < -0.3 is 9.57 Å². The SMILES string of the molecule is COn1ccc2c(c1=O)[C@@H]1[C@@H](C)C[C@@H](C)C[C@@]1(C)[C@H](C)O2. The van der Waals surface area contributed by atoms with E-state index in [4.69, 9.17) is 9.57 Å². The van der Waals surface area contributed by atoms with Gasteiger partial charge in [0.05, 0.1) is 11.8 Å². The smallest absolute Gasteiger partial charge is 0.290 e. The van der Waals surface area contributed by atoms with E-state index in [2.05, 4.69) is 27.7 Å². The number of fused-ring (bicyclic) bond motifs is 3. The van der Waals surface area contributed by atoms with Crippen LogP contribution >= 0.6 is 0 Å². The fourth-order valence-corrected chi connectivity index (χ4v) is 4.79. The van der Waals surface area contributed by atoms with E-state index in [9.17, 15) is 4.79 Å². The van der Waals surface area contributed by atoms with Crippen molar-refractivity contribution in [3.63, 3.8) is 0 Å². The highest BCUT2D eigenvalue weighted by molar-refractivity contribution is 5.39. The lowest BCUT2D eigenvalue weighted by molar-refractivity contribution is -0.0369. The van der Waals surface area contributed by atoms with E-state index >= 15 is 0 Å². The van der Waals surface area contributed by atoms with Gasteiger partial charge in [0.1, 0.15) is 19.0 Å². The van der Waals surface area contributed by atoms with Crippen molar-refractivity contribution < 1.29 is 9.57 Å². The van der Waals surface area contributed by atoms with Crippen LogP contribution in [0.1, 0.15) is 52.0 Å². The average molecular weight is 291 g/mol. The number of rotatable bonds is 1. The monoisotopic (exact) mass is 291 g/mol. The fraction of sp³-hybridized carbons (Fsp3) is 0.706. The molecule has 5 atom stereocenters. The molecule has 1 aromatic heterocycles. The molecule has 0 aromatic carbocycles. The molecule has 0 unspecified atom stereocenters. The summed E-state index contributed by atoms with van der Waals surface area (Å²) in [7, 11) is 1.52. The van der Waals surface area contributed by atoms with Gasteiger partial charge in [0, 0.05) is 17.4 Å². The van der Waals surface area contributed by atoms with Crippen molar-refractivity contribution in [3.8, 4) is 5.75 Å². The molecular formula is C17H25NO3. The van der Waals surface area contributed by atoms with Gasteiger partial charge in [0.15, 0.2) is 0 Å². The first-order chi connectivity index (χ1) is 9.88. The van der Waals surface area contributed by atoms with Crippen molar-refractivity contribution in [3.05, 3.63) is 28.2 Å². The van der Waals surface area contributed by atoms with Gasteiger partial charge in [-0.15, -0.1) is 0 Å². The van der Waals surface area contributed by atoms with Gasteiger partial charge in [0.25, 0.3) is 5.56 Å². The summed E-state index contributed by atoms with van der Waals surface area (Å²) in [6.45, 7) is 8.99. The Morgan fingerprint density at radius 3 is 2.76 bits per heavy atom. The van der Waals surface area contributed by atoms with Crippen molar-refractivity contribution in [2.24, 2.45) is 17.3 Å². The maximum atomic E-state index is 12.7. The number of pyridine rings is 1. The summed E-state index contributed by atoms with van der Waals surface area (Å²) in [6, 6.07) is 1.86. The maximum absolute atomic E-state index is 12.7. The topological polar surface area (TPSA) is 40.5 Å². The van der Waals surface area contributed by atoms with E-state index in [0.29, 0.717) is 11.8 Å². The second-order valence-electron chi connectivity index (χ2n) is 7.17. The third kappa shape index (κ3) is 1.99. The van der Waals surface area contributed by atoms with Crippen molar-refractivity contribution >= 4 is 0 Å². The van der Waals surface area contributed by atoms with E-state index in [1.165, 1.54) is 11.8 Å². The summed E-state index contributed by atoms with van der Waals surface area (Å²) in [6.07, 6.45) is 4.03. The Labute approximate surface area is 126 Å². The van der Waals surface area contributed by atoms with Gasteiger partial charge in [-0.2, -0.15) is 4.73 Å². The molecule has 2 aliphatic rings. The molecule has 116 valence electrons. The molecule has 4 nitrogen and oxygen atoms in total. The molecule has 0 radical (unpaired) electrons. The molecule has 1 saturated carbocycles. The molecule has 0 bridgehead atoms. The van der Waals surface area contributed by atoms with Crippen LogP contribution in [0.25, 0.3) is 0 Å². The first-order valence-electron chi connectivity index (χ1n) is 7.85. The summed E-state index contributed by atoms with van der Waals surface area (Å²) in [5.41, 5.74) is 0.745. The molecule has 0 N–H and O–H groups in total. The highest BCUT2D eigenvalue weighted by atomic mass is 16.6. The molecule has 0 amide bonds. The predicted molar refractivity (Wildman–Crippen MR) is 81.7 cm³/mol. The first-order valence-corrected chi connectivity index (χ1v) is 7.85. The molecule has 1 aromatic rings. The Morgan fingerprint density at radius 1 is 1.38 bits per heavy atom. The molecule has 2 heterocycles. The van der Waals surface area contributed by atoms with Gasteiger partial charge in [0.2, 0.25) is 0 Å². The molecule has 21 heavy (non-hydrogen) atoms. The van der Waals surface area contributed by atoms with Gasteiger partial charge in [-0.25, -0.2) is 0 Å². The Morgan fingerprint density at radius 2 is 2.10 bits per heavy atom. The van der Waals surface area contributed by atoms with Gasteiger partial charge in [-0.3, -0.25) is 4.79 Å². The Bertz CT molecular complexity index is 609. The molecular weight excluding hydrogens is 266 g/mol. The van der Waals surface area contributed by atoms with Crippen LogP contribution in [0.4, 0.5) is 0 Å². The largest absolute Gasteiger partial charge is 0.490 e. The first kappa shape index (κ1) is 14.5. The lowest BCUT2D eigenvalue weighted by atomic mass is 9.55. The zero-order valence-corrected chi connectivity index (χ0v) is 13.6. The van der Waals surface area contributed by atoms with Crippen LogP contribution in [-0.2, 0) is 0 Å². The standard InChI is InChI=1S/C17H25NO3/c1-10-8-11(2)15-14-13(6-7-18(20-5)16(14)19)21-12(3)17(15,4)9-10/h6-7,10-12,15H,8-9H2,1-5H3/t10-,11+,12+,15+,17+/m1/s1. The number of ether oxygens (including phenoxy) is 1. The Balaban J connectivity index is 2.21. The second-order valence-corrected chi connectivity index (χ2v) is 7.17. The summed E-state index contributed by atoms with van der Waals surface area (Å²) in [5.74, 6) is 2.12. The maximum Gasteiger partial charge on any atom is 0.290 e. The van der Waals surface area contributed by atoms with E-state index in [0.717, 1.165) is 24.2 Å². The Hall–Kier alpha value is -1.45. The van der Waals surface area contributed by atoms with Crippen LogP contribution < -0.4 is 15.1 Å². The molecule has 1 fully saturated rings. The molecule has 1 aliphatic heterocycles. The lowest BCUT2D eigenvalue weighted by Gasteiger charge is -2.53. The Kier molecular flexibility index (Phi) is 3.30. The second kappa shape index (κ2) is 4.79. The number of hydrogen-bond donors (Lipinski definition) is 0. The molecule has 0 saturated heterocycles. The van der Waals surface area contributed by atoms with E-state index < -0.39 is 0 Å². The molecule has 0 spiro atoms. The number of nitrogens with zero attached hydrogens (tertiary/aromatic N) is 1. The lowest BCUT2D eigenvalue weighted by Crippen LogP contribution is -2.52. The van der Waals surface area contributed by atoms with Gasteiger partial charge in [-0.1, -0.05) is 20.8 Å². The molecule has 4 heteroatoms. The zero-order chi connectivity index (χ0) is 15.4. The van der Waals surface area contributed by atoms with Crippen LogP contribution in [0.2, 0.25) is 0 Å². The normalized spacial score (nSPS) is 38.1. The zero-order valence-electron chi connectivity index (χ0n) is 13.6. The van der Waals surface area contributed by atoms with Crippen LogP contribution in [0.5, 0.6) is 5.75 Å². The average Bonchev–Trinajstić information content (AvgIpc) is 2.40. The fourth-order valence-electron chi connectivity index (χ4n) is 4.79. The predicted octanol–water partition coefficient (Wildman–Crippen LogP) is 2.84. The number of aromatic nitrogens is 1. The summed E-state index contributed by atoms with van der Waals surface area (Å²) in [5, 5.41) is 0. The third-order valence-corrected chi connectivity index (χ3v) is 5.64. The van der Waals surface area contributed by atoms with Crippen molar-refractivity contribution in [2.75, 3.05) is 7.11 Å². The van der Waals surface area contributed by atoms with E-state index in [1.54, 1.807) is 6.20 Å². The van der Waals surface area contributed by atoms with Gasteiger partial charge >= 0.3 is 0 Å². The van der Waals surface area contributed by atoms with Crippen molar-refractivity contribution in [1.29, 1.82) is 0 Å². The third-order valence-electron chi connectivity index (χ3n) is 5.64. The van der Waals surface area contributed by atoms with Crippen LogP contribution in [0.15, 0.2) is 17.1 Å². The van der Waals surface area contributed by atoms with Crippen molar-refractivity contribution in [2.45, 2.75) is 52.6 Å². The van der Waals surface area contributed by atoms with E-state index in [-0.39, 0.29) is 23.0 Å². The van der Waals surface area contributed by atoms with Crippen molar-refractivity contribution in [1.82, 2.24) is 4.73 Å².